The average molecular weight is 416 g/mol. The highest BCUT2D eigenvalue weighted by molar-refractivity contribution is 7.92. The van der Waals surface area contributed by atoms with Gasteiger partial charge in [-0.3, -0.25) is 9.10 Å². The van der Waals surface area contributed by atoms with E-state index in [1.54, 1.807) is 12.1 Å². The quantitative estimate of drug-likeness (QED) is 0.717. The molecule has 0 bridgehead atoms. The number of carbonyl (C=O) groups excluding carboxylic acids is 1. The zero-order valence-electron chi connectivity index (χ0n) is 15.5. The summed E-state index contributed by atoms with van der Waals surface area (Å²) in [6.45, 7) is 3.69. The summed E-state index contributed by atoms with van der Waals surface area (Å²) in [5.74, 6) is 0.0347. The SMILES string of the molecule is CS(=O)(=O)N1C[C@H](C(=O)NCCCN2CCCCC2)Oc2ccc(Cl)cc21. The number of sulfonamides is 1. The lowest BCUT2D eigenvalue weighted by Gasteiger charge is -2.34. The van der Waals surface area contributed by atoms with Gasteiger partial charge in [0.25, 0.3) is 5.91 Å². The van der Waals surface area contributed by atoms with E-state index in [0.29, 0.717) is 23.0 Å². The second kappa shape index (κ2) is 8.67. The number of ether oxygens (including phenoxy) is 1. The Hall–Kier alpha value is -1.51. The maximum absolute atomic E-state index is 12.5. The van der Waals surface area contributed by atoms with Gasteiger partial charge >= 0.3 is 0 Å². The van der Waals surface area contributed by atoms with Crippen molar-refractivity contribution in [3.63, 3.8) is 0 Å². The smallest absolute Gasteiger partial charge is 0.263 e. The summed E-state index contributed by atoms with van der Waals surface area (Å²) in [4.78, 5) is 14.9. The molecule has 0 aromatic heterocycles. The molecule has 2 heterocycles. The van der Waals surface area contributed by atoms with Gasteiger partial charge in [-0.25, -0.2) is 8.42 Å². The molecule has 1 amide bonds. The normalized spacial score (nSPS) is 20.7. The van der Waals surface area contributed by atoms with Crippen LogP contribution < -0.4 is 14.4 Å². The van der Waals surface area contributed by atoms with E-state index in [4.69, 9.17) is 16.3 Å². The van der Waals surface area contributed by atoms with Crippen LogP contribution in [0.5, 0.6) is 5.75 Å². The summed E-state index contributed by atoms with van der Waals surface area (Å²) in [5, 5.41) is 3.28. The average Bonchev–Trinajstić information content (AvgIpc) is 2.64. The van der Waals surface area contributed by atoms with Crippen LogP contribution in [-0.2, 0) is 14.8 Å². The fraction of sp³-hybridized carbons (Fsp3) is 0.611. The standard InChI is InChI=1S/C18H26ClN3O4S/c1-27(24,25)22-13-17(26-16-7-6-14(19)12-15(16)22)18(23)20-8-5-11-21-9-3-2-4-10-21/h6-7,12,17H,2-5,8-11,13H2,1H3,(H,20,23)/t17-/m1/s1. The predicted molar refractivity (Wildman–Crippen MR) is 106 cm³/mol. The summed E-state index contributed by atoms with van der Waals surface area (Å²) >= 11 is 5.98. The molecular formula is C18H26ClN3O4S. The Bertz CT molecular complexity index is 781. The van der Waals surface area contributed by atoms with Crippen LogP contribution in [-0.4, -0.2) is 64.3 Å². The highest BCUT2D eigenvalue weighted by atomic mass is 35.5. The minimum Gasteiger partial charge on any atom is -0.476 e. The summed E-state index contributed by atoms with van der Waals surface area (Å²) < 4.78 is 31.2. The van der Waals surface area contributed by atoms with E-state index in [1.165, 1.54) is 29.6 Å². The van der Waals surface area contributed by atoms with Crippen molar-refractivity contribution in [1.29, 1.82) is 0 Å². The number of carbonyl (C=O) groups is 1. The number of hydrogen-bond donors (Lipinski definition) is 1. The molecule has 1 fully saturated rings. The fourth-order valence-electron chi connectivity index (χ4n) is 3.49. The summed E-state index contributed by atoms with van der Waals surface area (Å²) in [5.41, 5.74) is 0.360. The minimum atomic E-state index is -3.55. The van der Waals surface area contributed by atoms with Crippen molar-refractivity contribution in [2.45, 2.75) is 31.8 Å². The zero-order valence-corrected chi connectivity index (χ0v) is 17.1. The van der Waals surface area contributed by atoms with Gasteiger partial charge in [0, 0.05) is 11.6 Å². The van der Waals surface area contributed by atoms with Crippen molar-refractivity contribution >= 4 is 33.2 Å². The van der Waals surface area contributed by atoms with Crippen molar-refractivity contribution in [1.82, 2.24) is 10.2 Å². The van der Waals surface area contributed by atoms with Gasteiger partial charge in [0.15, 0.2) is 6.10 Å². The molecule has 1 atom stereocenters. The van der Waals surface area contributed by atoms with Crippen molar-refractivity contribution < 1.29 is 17.9 Å². The molecule has 27 heavy (non-hydrogen) atoms. The molecule has 0 radical (unpaired) electrons. The van der Waals surface area contributed by atoms with Crippen LogP contribution in [0.4, 0.5) is 5.69 Å². The van der Waals surface area contributed by atoms with Crippen molar-refractivity contribution in [3.05, 3.63) is 23.2 Å². The third-order valence-electron chi connectivity index (χ3n) is 4.88. The molecule has 2 aliphatic heterocycles. The van der Waals surface area contributed by atoms with Crippen LogP contribution in [0.25, 0.3) is 0 Å². The maximum Gasteiger partial charge on any atom is 0.263 e. The number of piperidine rings is 1. The third-order valence-corrected chi connectivity index (χ3v) is 6.26. The van der Waals surface area contributed by atoms with Gasteiger partial charge in [0.2, 0.25) is 10.0 Å². The molecule has 9 heteroatoms. The lowest BCUT2D eigenvalue weighted by molar-refractivity contribution is -0.127. The van der Waals surface area contributed by atoms with Gasteiger partial charge in [-0.15, -0.1) is 0 Å². The predicted octanol–water partition coefficient (Wildman–Crippen LogP) is 1.86. The number of nitrogens with one attached hydrogen (secondary N) is 1. The minimum absolute atomic E-state index is 0.0653. The van der Waals surface area contributed by atoms with E-state index in [0.717, 1.165) is 32.3 Å². The number of halogens is 1. The molecule has 1 N–H and O–H groups in total. The number of likely N-dealkylation sites (tertiary alicyclic amines) is 1. The molecule has 0 spiro atoms. The van der Waals surface area contributed by atoms with E-state index in [-0.39, 0.29) is 12.5 Å². The fourth-order valence-corrected chi connectivity index (χ4v) is 4.56. The number of anilines is 1. The molecule has 1 saturated heterocycles. The number of rotatable bonds is 6. The molecule has 1 aromatic rings. The molecular weight excluding hydrogens is 390 g/mol. The summed E-state index contributed by atoms with van der Waals surface area (Å²) in [6, 6.07) is 4.73. The van der Waals surface area contributed by atoms with Crippen molar-refractivity contribution in [3.8, 4) is 5.75 Å². The Kier molecular flexibility index (Phi) is 6.49. The van der Waals surface area contributed by atoms with Crippen molar-refractivity contribution in [2.24, 2.45) is 0 Å². The topological polar surface area (TPSA) is 79.0 Å². The molecule has 150 valence electrons. The Labute approximate surface area is 165 Å². The molecule has 2 aliphatic rings. The zero-order chi connectivity index (χ0) is 19.4. The first-order chi connectivity index (χ1) is 12.8. The number of nitrogens with zero attached hydrogens (tertiary/aromatic N) is 2. The van der Waals surface area contributed by atoms with Crippen LogP contribution in [0.15, 0.2) is 18.2 Å². The largest absolute Gasteiger partial charge is 0.476 e. The van der Waals surface area contributed by atoms with Gasteiger partial charge in [-0.2, -0.15) is 0 Å². The highest BCUT2D eigenvalue weighted by Gasteiger charge is 2.35. The lowest BCUT2D eigenvalue weighted by atomic mass is 10.1. The van der Waals surface area contributed by atoms with E-state index in [1.807, 2.05) is 0 Å². The van der Waals surface area contributed by atoms with Gasteiger partial charge in [0.1, 0.15) is 5.75 Å². The molecule has 0 unspecified atom stereocenters. The molecule has 1 aromatic carbocycles. The van der Waals surface area contributed by atoms with Crippen molar-refractivity contribution in [2.75, 3.05) is 43.3 Å². The monoisotopic (exact) mass is 415 g/mol. The highest BCUT2D eigenvalue weighted by Crippen LogP contribution is 2.37. The van der Waals surface area contributed by atoms with E-state index < -0.39 is 16.1 Å². The van der Waals surface area contributed by atoms with Gasteiger partial charge in [-0.05, 0) is 57.1 Å². The Balaban J connectivity index is 1.58. The maximum atomic E-state index is 12.5. The Morgan fingerprint density at radius 2 is 2.04 bits per heavy atom. The van der Waals surface area contributed by atoms with Gasteiger partial charge in [-0.1, -0.05) is 18.0 Å². The number of amides is 1. The Morgan fingerprint density at radius 3 is 2.74 bits per heavy atom. The molecule has 7 nitrogen and oxygen atoms in total. The van der Waals surface area contributed by atoms with Crippen LogP contribution >= 0.6 is 11.6 Å². The van der Waals surface area contributed by atoms with E-state index >= 15 is 0 Å². The summed E-state index contributed by atoms with van der Waals surface area (Å²) in [7, 11) is -3.55. The number of benzene rings is 1. The summed E-state index contributed by atoms with van der Waals surface area (Å²) in [6.07, 6.45) is 4.87. The first kappa shape index (κ1) is 20.2. The lowest BCUT2D eigenvalue weighted by Crippen LogP contribution is -2.50. The second-order valence-corrected chi connectivity index (χ2v) is 9.40. The number of fused-ring (bicyclic) bond motifs is 1. The van der Waals surface area contributed by atoms with Crippen LogP contribution in [0.1, 0.15) is 25.7 Å². The van der Waals surface area contributed by atoms with E-state index in [9.17, 15) is 13.2 Å². The second-order valence-electron chi connectivity index (χ2n) is 7.06. The molecule has 0 saturated carbocycles. The van der Waals surface area contributed by atoms with Crippen LogP contribution in [0.3, 0.4) is 0 Å². The first-order valence-corrected chi connectivity index (χ1v) is 11.5. The third kappa shape index (κ3) is 5.27. The Morgan fingerprint density at radius 1 is 1.30 bits per heavy atom. The number of hydrogen-bond acceptors (Lipinski definition) is 5. The van der Waals surface area contributed by atoms with Crippen LogP contribution in [0.2, 0.25) is 5.02 Å². The molecule has 3 rings (SSSR count). The van der Waals surface area contributed by atoms with Crippen LogP contribution in [0, 0.1) is 0 Å². The van der Waals surface area contributed by atoms with Gasteiger partial charge in [0.05, 0.1) is 18.5 Å². The molecule has 0 aliphatic carbocycles. The first-order valence-electron chi connectivity index (χ1n) is 9.28. The van der Waals surface area contributed by atoms with Gasteiger partial charge < -0.3 is 15.0 Å². The van der Waals surface area contributed by atoms with E-state index in [2.05, 4.69) is 10.2 Å².